The molecule has 2 nitrogen and oxygen atoms in total. The Labute approximate surface area is 108 Å². The van der Waals surface area contributed by atoms with Crippen LogP contribution < -0.4 is 10.5 Å². The van der Waals surface area contributed by atoms with Gasteiger partial charge in [-0.05, 0) is 37.1 Å². The van der Waals surface area contributed by atoms with Gasteiger partial charge in [-0.25, -0.2) is 0 Å². The number of ether oxygens (including phenoxy) is 1. The summed E-state index contributed by atoms with van der Waals surface area (Å²) in [4.78, 5) is 0. The van der Waals surface area contributed by atoms with E-state index in [4.69, 9.17) is 10.5 Å². The fourth-order valence-corrected chi connectivity index (χ4v) is 1.89. The van der Waals surface area contributed by atoms with Crippen LogP contribution in [0.3, 0.4) is 0 Å². The number of hydrogen-bond donors (Lipinski definition) is 1. The minimum atomic E-state index is 0.490. The van der Waals surface area contributed by atoms with Crippen LogP contribution in [0.15, 0.2) is 42.5 Å². The van der Waals surface area contributed by atoms with Crippen molar-refractivity contribution in [1.29, 1.82) is 0 Å². The molecule has 2 aromatic carbocycles. The second kappa shape index (κ2) is 5.69. The van der Waals surface area contributed by atoms with Gasteiger partial charge in [-0.2, -0.15) is 0 Å². The molecule has 0 spiro atoms. The van der Waals surface area contributed by atoms with Gasteiger partial charge in [0.2, 0.25) is 0 Å². The lowest BCUT2D eigenvalue weighted by Crippen LogP contribution is -2.00. The molecule has 2 rings (SSSR count). The Morgan fingerprint density at radius 1 is 1.06 bits per heavy atom. The summed E-state index contributed by atoms with van der Waals surface area (Å²) in [6.07, 6.45) is 1.04. The molecule has 2 aromatic rings. The molecule has 0 heterocycles. The number of hydrogen-bond acceptors (Lipinski definition) is 2. The summed E-state index contributed by atoms with van der Waals surface area (Å²) in [5.74, 6) is 1.69. The van der Waals surface area contributed by atoms with Gasteiger partial charge in [0.25, 0.3) is 0 Å². The SMILES string of the molecule is CCc1ccc(Oc2ccc(C)cc2CN)cc1. The summed E-state index contributed by atoms with van der Waals surface area (Å²) < 4.78 is 5.87. The normalized spacial score (nSPS) is 10.4. The van der Waals surface area contributed by atoms with Gasteiger partial charge in [0, 0.05) is 12.1 Å². The molecule has 0 saturated heterocycles. The van der Waals surface area contributed by atoms with Crippen molar-refractivity contribution >= 4 is 0 Å². The summed E-state index contributed by atoms with van der Waals surface area (Å²) in [5.41, 5.74) is 9.28. The van der Waals surface area contributed by atoms with E-state index < -0.39 is 0 Å². The maximum absolute atomic E-state index is 5.87. The first kappa shape index (κ1) is 12.7. The fraction of sp³-hybridized carbons (Fsp3) is 0.250. The first-order valence-electron chi connectivity index (χ1n) is 6.29. The number of aryl methyl sites for hydroxylation is 2. The van der Waals surface area contributed by atoms with E-state index in [0.717, 1.165) is 23.5 Å². The second-order valence-electron chi connectivity index (χ2n) is 4.41. The molecule has 0 aliphatic carbocycles. The van der Waals surface area contributed by atoms with Gasteiger partial charge in [-0.15, -0.1) is 0 Å². The van der Waals surface area contributed by atoms with Crippen molar-refractivity contribution in [3.63, 3.8) is 0 Å². The molecule has 0 aliphatic rings. The molecule has 18 heavy (non-hydrogen) atoms. The lowest BCUT2D eigenvalue weighted by molar-refractivity contribution is 0.476. The predicted octanol–water partition coefficient (Wildman–Crippen LogP) is 3.81. The third-order valence-electron chi connectivity index (χ3n) is 3.00. The van der Waals surface area contributed by atoms with Crippen LogP contribution in [0.1, 0.15) is 23.6 Å². The standard InChI is InChI=1S/C16H19NO/c1-3-13-5-7-15(8-6-13)18-16-9-4-12(2)10-14(16)11-17/h4-10H,3,11,17H2,1-2H3. The van der Waals surface area contributed by atoms with E-state index in [1.54, 1.807) is 0 Å². The molecule has 94 valence electrons. The van der Waals surface area contributed by atoms with Gasteiger partial charge in [0.05, 0.1) is 0 Å². The van der Waals surface area contributed by atoms with Crippen LogP contribution in [0.25, 0.3) is 0 Å². The Morgan fingerprint density at radius 2 is 1.78 bits per heavy atom. The van der Waals surface area contributed by atoms with Crippen molar-refractivity contribution < 1.29 is 4.74 Å². The largest absolute Gasteiger partial charge is 0.457 e. The first-order valence-corrected chi connectivity index (χ1v) is 6.29. The zero-order chi connectivity index (χ0) is 13.0. The van der Waals surface area contributed by atoms with Crippen LogP contribution >= 0.6 is 0 Å². The maximum Gasteiger partial charge on any atom is 0.131 e. The topological polar surface area (TPSA) is 35.2 Å². The van der Waals surface area contributed by atoms with E-state index in [-0.39, 0.29) is 0 Å². The van der Waals surface area contributed by atoms with Crippen molar-refractivity contribution in [3.05, 3.63) is 59.2 Å². The van der Waals surface area contributed by atoms with Gasteiger partial charge in [-0.1, -0.05) is 36.8 Å². The van der Waals surface area contributed by atoms with Gasteiger partial charge < -0.3 is 10.5 Å². The molecule has 0 fully saturated rings. The Bertz CT molecular complexity index is 517. The summed E-state index contributed by atoms with van der Waals surface area (Å²) in [7, 11) is 0. The van der Waals surface area contributed by atoms with Crippen LogP contribution in [-0.4, -0.2) is 0 Å². The Hall–Kier alpha value is -1.80. The molecule has 0 aromatic heterocycles. The lowest BCUT2D eigenvalue weighted by atomic mass is 10.1. The van der Waals surface area contributed by atoms with E-state index in [0.29, 0.717) is 6.54 Å². The maximum atomic E-state index is 5.87. The van der Waals surface area contributed by atoms with Crippen LogP contribution in [0.5, 0.6) is 11.5 Å². The van der Waals surface area contributed by atoms with E-state index in [2.05, 4.69) is 32.0 Å². The molecule has 0 amide bonds. The molecule has 0 bridgehead atoms. The summed E-state index contributed by atoms with van der Waals surface area (Å²) in [5, 5.41) is 0. The summed E-state index contributed by atoms with van der Waals surface area (Å²) in [6, 6.07) is 14.3. The molecular formula is C16H19NO. The third kappa shape index (κ3) is 2.90. The van der Waals surface area contributed by atoms with E-state index in [9.17, 15) is 0 Å². The second-order valence-corrected chi connectivity index (χ2v) is 4.41. The molecule has 0 saturated carbocycles. The van der Waals surface area contributed by atoms with Crippen LogP contribution in [-0.2, 0) is 13.0 Å². The Kier molecular flexibility index (Phi) is 4.00. The summed E-state index contributed by atoms with van der Waals surface area (Å²) in [6.45, 7) is 4.69. The van der Waals surface area contributed by atoms with Crippen LogP contribution in [0.2, 0.25) is 0 Å². The van der Waals surface area contributed by atoms with Crippen LogP contribution in [0.4, 0.5) is 0 Å². The molecule has 0 aliphatic heterocycles. The Morgan fingerprint density at radius 3 is 2.39 bits per heavy atom. The van der Waals surface area contributed by atoms with Crippen molar-refractivity contribution in [2.45, 2.75) is 26.8 Å². The van der Waals surface area contributed by atoms with Gasteiger partial charge in [0.1, 0.15) is 11.5 Å². The molecule has 2 heteroatoms. The number of benzene rings is 2. The molecule has 0 radical (unpaired) electrons. The fourth-order valence-electron chi connectivity index (χ4n) is 1.89. The van der Waals surface area contributed by atoms with E-state index >= 15 is 0 Å². The molecule has 0 unspecified atom stereocenters. The predicted molar refractivity (Wildman–Crippen MR) is 75.0 cm³/mol. The molecular weight excluding hydrogens is 222 g/mol. The van der Waals surface area contributed by atoms with Crippen molar-refractivity contribution in [3.8, 4) is 11.5 Å². The zero-order valence-electron chi connectivity index (χ0n) is 10.9. The first-order chi connectivity index (χ1) is 8.72. The van der Waals surface area contributed by atoms with Gasteiger partial charge in [-0.3, -0.25) is 0 Å². The minimum Gasteiger partial charge on any atom is -0.457 e. The highest BCUT2D eigenvalue weighted by atomic mass is 16.5. The van der Waals surface area contributed by atoms with Crippen molar-refractivity contribution in [1.82, 2.24) is 0 Å². The smallest absolute Gasteiger partial charge is 0.131 e. The quantitative estimate of drug-likeness (QED) is 0.883. The highest BCUT2D eigenvalue weighted by Crippen LogP contribution is 2.26. The number of nitrogens with two attached hydrogens (primary N) is 1. The van der Waals surface area contributed by atoms with Gasteiger partial charge in [0.15, 0.2) is 0 Å². The van der Waals surface area contributed by atoms with E-state index in [1.165, 1.54) is 11.1 Å². The Balaban J connectivity index is 2.22. The number of rotatable bonds is 4. The highest BCUT2D eigenvalue weighted by molar-refractivity contribution is 5.40. The highest BCUT2D eigenvalue weighted by Gasteiger charge is 2.04. The van der Waals surface area contributed by atoms with E-state index in [1.807, 2.05) is 24.3 Å². The monoisotopic (exact) mass is 241 g/mol. The average Bonchev–Trinajstić information content (AvgIpc) is 2.41. The summed E-state index contributed by atoms with van der Waals surface area (Å²) >= 11 is 0. The van der Waals surface area contributed by atoms with Crippen LogP contribution in [0, 0.1) is 6.92 Å². The average molecular weight is 241 g/mol. The minimum absolute atomic E-state index is 0.490. The van der Waals surface area contributed by atoms with Gasteiger partial charge >= 0.3 is 0 Å². The zero-order valence-corrected chi connectivity index (χ0v) is 10.9. The lowest BCUT2D eigenvalue weighted by Gasteiger charge is -2.11. The molecule has 0 atom stereocenters. The van der Waals surface area contributed by atoms with Crippen molar-refractivity contribution in [2.75, 3.05) is 0 Å². The van der Waals surface area contributed by atoms with Crippen molar-refractivity contribution in [2.24, 2.45) is 5.73 Å². The third-order valence-corrected chi connectivity index (χ3v) is 3.00. The molecule has 2 N–H and O–H groups in total.